The third-order valence-electron chi connectivity index (χ3n) is 3.63. The van der Waals surface area contributed by atoms with Crippen molar-refractivity contribution in [3.8, 4) is 11.5 Å². The quantitative estimate of drug-likeness (QED) is 0.859. The average Bonchev–Trinajstić information content (AvgIpc) is 2.72. The number of halogens is 1. The number of hydrogen-bond donors (Lipinski definition) is 1. The van der Waals surface area contributed by atoms with E-state index in [0.717, 1.165) is 30.0 Å². The van der Waals surface area contributed by atoms with Crippen LogP contribution in [0.2, 0.25) is 5.02 Å². The Morgan fingerprint density at radius 3 is 2.70 bits per heavy atom. The molecule has 20 heavy (non-hydrogen) atoms. The van der Waals surface area contributed by atoms with E-state index in [2.05, 4.69) is 15.3 Å². The van der Waals surface area contributed by atoms with Gasteiger partial charge in [-0.25, -0.2) is 9.97 Å². The lowest BCUT2D eigenvalue weighted by Gasteiger charge is -2.12. The van der Waals surface area contributed by atoms with Crippen LogP contribution in [0.1, 0.15) is 30.5 Å². The highest BCUT2D eigenvalue weighted by Gasteiger charge is 2.17. The number of nitrogens with one attached hydrogen (secondary N) is 1. The van der Waals surface area contributed by atoms with Gasteiger partial charge in [0.2, 0.25) is 0 Å². The molecular formula is C15H17ClN4. The van der Waals surface area contributed by atoms with Crippen LogP contribution in [-0.2, 0) is 12.8 Å². The first-order valence-electron chi connectivity index (χ1n) is 6.97. The molecule has 1 aliphatic carbocycles. The second kappa shape index (κ2) is 5.75. The Morgan fingerprint density at radius 2 is 1.95 bits per heavy atom. The van der Waals surface area contributed by atoms with Crippen molar-refractivity contribution in [2.24, 2.45) is 0 Å². The van der Waals surface area contributed by atoms with Crippen LogP contribution in [0.3, 0.4) is 0 Å². The van der Waals surface area contributed by atoms with Gasteiger partial charge in [0.05, 0.1) is 5.02 Å². The fourth-order valence-corrected chi connectivity index (χ4v) is 2.71. The highest BCUT2D eigenvalue weighted by atomic mass is 35.5. The lowest BCUT2D eigenvalue weighted by Crippen LogP contribution is -2.07. The Hall–Kier alpha value is -1.68. The number of aromatic nitrogens is 3. The van der Waals surface area contributed by atoms with E-state index in [1.165, 1.54) is 24.8 Å². The summed E-state index contributed by atoms with van der Waals surface area (Å²) < 4.78 is 0. The predicted octanol–water partition coefficient (Wildman–Crippen LogP) is 3.50. The molecule has 4 nitrogen and oxygen atoms in total. The molecule has 1 N–H and O–H groups in total. The predicted molar refractivity (Wildman–Crippen MR) is 81.1 cm³/mol. The molecule has 1 aliphatic rings. The number of aryl methyl sites for hydroxylation is 1. The van der Waals surface area contributed by atoms with Crippen LogP contribution < -0.4 is 5.32 Å². The summed E-state index contributed by atoms with van der Waals surface area (Å²) in [4.78, 5) is 13.7. The Balaban J connectivity index is 2.08. The Labute approximate surface area is 123 Å². The number of pyridine rings is 1. The monoisotopic (exact) mass is 288 g/mol. The highest BCUT2D eigenvalue weighted by molar-refractivity contribution is 6.30. The van der Waals surface area contributed by atoms with Crippen LogP contribution in [0.4, 0.5) is 5.82 Å². The smallest absolute Gasteiger partial charge is 0.180 e. The summed E-state index contributed by atoms with van der Waals surface area (Å²) in [6.45, 7) is 0. The zero-order valence-electron chi connectivity index (χ0n) is 11.5. The van der Waals surface area contributed by atoms with Gasteiger partial charge < -0.3 is 5.32 Å². The Bertz CT molecular complexity index is 610. The molecule has 104 valence electrons. The number of fused-ring (bicyclic) bond motifs is 1. The van der Waals surface area contributed by atoms with Gasteiger partial charge in [0, 0.05) is 24.5 Å². The summed E-state index contributed by atoms with van der Waals surface area (Å²) in [6, 6.07) is 3.68. The van der Waals surface area contributed by atoms with Crippen molar-refractivity contribution in [3.05, 3.63) is 34.6 Å². The van der Waals surface area contributed by atoms with E-state index in [0.29, 0.717) is 10.8 Å². The summed E-state index contributed by atoms with van der Waals surface area (Å²) in [6.07, 6.45) is 7.37. The summed E-state index contributed by atoms with van der Waals surface area (Å²) >= 11 is 5.88. The van der Waals surface area contributed by atoms with Gasteiger partial charge in [-0.3, -0.25) is 4.98 Å². The van der Waals surface area contributed by atoms with Crippen LogP contribution >= 0.6 is 11.6 Å². The lowest BCUT2D eigenvalue weighted by atomic mass is 10.1. The van der Waals surface area contributed by atoms with Gasteiger partial charge in [-0.2, -0.15) is 0 Å². The number of anilines is 1. The molecule has 2 aromatic rings. The number of rotatable bonds is 2. The topological polar surface area (TPSA) is 50.7 Å². The van der Waals surface area contributed by atoms with Crippen molar-refractivity contribution >= 4 is 17.4 Å². The molecule has 2 heterocycles. The molecule has 0 spiro atoms. The summed E-state index contributed by atoms with van der Waals surface area (Å²) in [5, 5.41) is 3.82. The van der Waals surface area contributed by atoms with E-state index < -0.39 is 0 Å². The Kier molecular flexibility index (Phi) is 3.83. The van der Waals surface area contributed by atoms with Gasteiger partial charge >= 0.3 is 0 Å². The van der Waals surface area contributed by atoms with Crippen molar-refractivity contribution in [1.29, 1.82) is 0 Å². The molecule has 0 atom stereocenters. The van der Waals surface area contributed by atoms with Gasteiger partial charge in [0.25, 0.3) is 0 Å². The molecule has 0 saturated heterocycles. The van der Waals surface area contributed by atoms with E-state index in [4.69, 9.17) is 16.6 Å². The third kappa shape index (κ3) is 2.61. The largest absolute Gasteiger partial charge is 0.373 e. The number of nitrogens with zero attached hydrogens (tertiary/aromatic N) is 3. The maximum absolute atomic E-state index is 5.88. The normalized spacial score (nSPS) is 14.5. The van der Waals surface area contributed by atoms with Gasteiger partial charge in [0.15, 0.2) is 5.82 Å². The third-order valence-corrected chi connectivity index (χ3v) is 3.85. The minimum absolute atomic E-state index is 0.623. The van der Waals surface area contributed by atoms with Crippen LogP contribution in [0, 0.1) is 0 Å². The second-order valence-electron chi connectivity index (χ2n) is 4.99. The van der Waals surface area contributed by atoms with E-state index in [9.17, 15) is 0 Å². The van der Waals surface area contributed by atoms with E-state index >= 15 is 0 Å². The zero-order chi connectivity index (χ0) is 13.9. The van der Waals surface area contributed by atoms with E-state index in [1.54, 1.807) is 6.20 Å². The van der Waals surface area contributed by atoms with Gasteiger partial charge in [-0.1, -0.05) is 18.0 Å². The molecule has 0 aromatic carbocycles. The molecule has 0 bridgehead atoms. The zero-order valence-corrected chi connectivity index (χ0v) is 12.2. The van der Waals surface area contributed by atoms with Gasteiger partial charge in [-0.15, -0.1) is 0 Å². The molecule has 0 fully saturated rings. The fourth-order valence-electron chi connectivity index (χ4n) is 2.60. The first kappa shape index (κ1) is 13.3. The van der Waals surface area contributed by atoms with Crippen LogP contribution in [0.5, 0.6) is 0 Å². The average molecular weight is 289 g/mol. The van der Waals surface area contributed by atoms with Crippen molar-refractivity contribution < 1.29 is 0 Å². The molecule has 0 aliphatic heterocycles. The van der Waals surface area contributed by atoms with Gasteiger partial charge in [0.1, 0.15) is 11.5 Å². The minimum Gasteiger partial charge on any atom is -0.373 e. The van der Waals surface area contributed by atoms with E-state index in [-0.39, 0.29) is 0 Å². The summed E-state index contributed by atoms with van der Waals surface area (Å²) in [5.41, 5.74) is 3.19. The molecule has 0 unspecified atom stereocenters. The van der Waals surface area contributed by atoms with Crippen LogP contribution in [-0.4, -0.2) is 22.0 Å². The molecule has 2 aromatic heterocycles. The van der Waals surface area contributed by atoms with Crippen molar-refractivity contribution in [3.63, 3.8) is 0 Å². The van der Waals surface area contributed by atoms with Crippen molar-refractivity contribution in [2.75, 3.05) is 12.4 Å². The maximum Gasteiger partial charge on any atom is 0.180 e. The van der Waals surface area contributed by atoms with Crippen LogP contribution in [0.15, 0.2) is 18.3 Å². The highest BCUT2D eigenvalue weighted by Crippen LogP contribution is 2.27. The lowest BCUT2D eigenvalue weighted by molar-refractivity contribution is 0.709. The molecule has 0 amide bonds. The van der Waals surface area contributed by atoms with Gasteiger partial charge in [-0.05, 0) is 37.8 Å². The standard InChI is InChI=1S/C15H17ClN4/c1-17-14-11-5-3-2-4-6-12(11)19-15(20-14)13-8-7-10(16)9-18-13/h7-9H,2-6H2,1H3,(H,17,19,20). The van der Waals surface area contributed by atoms with E-state index in [1.807, 2.05) is 19.2 Å². The summed E-state index contributed by atoms with van der Waals surface area (Å²) in [5.74, 6) is 1.61. The minimum atomic E-state index is 0.623. The molecular weight excluding hydrogens is 272 g/mol. The Morgan fingerprint density at radius 1 is 1.10 bits per heavy atom. The maximum atomic E-state index is 5.88. The molecule has 5 heteroatoms. The summed E-state index contributed by atoms with van der Waals surface area (Å²) in [7, 11) is 1.91. The van der Waals surface area contributed by atoms with Crippen molar-refractivity contribution in [1.82, 2.24) is 15.0 Å². The first-order chi connectivity index (χ1) is 9.78. The fraction of sp³-hybridized carbons (Fsp3) is 0.400. The van der Waals surface area contributed by atoms with Crippen LogP contribution in [0.25, 0.3) is 11.5 Å². The van der Waals surface area contributed by atoms with Crippen molar-refractivity contribution in [2.45, 2.75) is 32.1 Å². The SMILES string of the molecule is CNc1nc(-c2ccc(Cl)cn2)nc2c1CCCCC2. The molecule has 3 rings (SSSR count). The molecule has 0 saturated carbocycles. The molecule has 0 radical (unpaired) electrons. The number of hydrogen-bond acceptors (Lipinski definition) is 4. The second-order valence-corrected chi connectivity index (χ2v) is 5.43. The first-order valence-corrected chi connectivity index (χ1v) is 7.35.